The molecule has 1 aromatic carbocycles. The highest BCUT2D eigenvalue weighted by Gasteiger charge is 2.10. The lowest BCUT2D eigenvalue weighted by Crippen LogP contribution is -2.02. The van der Waals surface area contributed by atoms with Gasteiger partial charge in [-0.2, -0.15) is 0 Å². The van der Waals surface area contributed by atoms with Gasteiger partial charge in [0.05, 0.1) is 18.4 Å². The molecular weight excluding hydrogens is 310 g/mol. The number of carbonyl (C=O) groups excluding carboxylic acids is 1. The summed E-state index contributed by atoms with van der Waals surface area (Å²) in [5.41, 5.74) is 2.60. The predicted molar refractivity (Wildman–Crippen MR) is 107 cm³/mol. The quantitative estimate of drug-likeness (QED) is 0.281. The maximum absolute atomic E-state index is 11.8. The van der Waals surface area contributed by atoms with Crippen molar-refractivity contribution < 1.29 is 9.53 Å². The molecule has 0 saturated carbocycles. The summed E-state index contributed by atoms with van der Waals surface area (Å²) in [6, 6.07) is 7.31. The van der Waals surface area contributed by atoms with E-state index in [1.54, 1.807) is 6.07 Å². The second-order valence-electron chi connectivity index (χ2n) is 7.16. The second-order valence-corrected chi connectivity index (χ2v) is 7.16. The number of hydrogen-bond acceptors (Lipinski definition) is 3. The van der Waals surface area contributed by atoms with Crippen LogP contribution in [0.2, 0.25) is 0 Å². The first-order chi connectivity index (χ1) is 11.9. The van der Waals surface area contributed by atoms with Crippen molar-refractivity contribution >= 4 is 17.9 Å². The monoisotopic (exact) mass is 343 g/mol. The molecular formula is C22H33NO2. The number of para-hydroxylation sites is 1. The molecule has 3 heteroatoms. The lowest BCUT2D eigenvalue weighted by Gasteiger charge is -2.11. The van der Waals surface area contributed by atoms with Gasteiger partial charge in [-0.1, -0.05) is 50.5 Å². The van der Waals surface area contributed by atoms with Crippen LogP contribution in [0.5, 0.6) is 0 Å². The van der Waals surface area contributed by atoms with Crippen LogP contribution in [0.4, 0.5) is 5.69 Å². The molecule has 0 aliphatic heterocycles. The molecule has 0 N–H and O–H groups in total. The minimum absolute atomic E-state index is 0.342. The summed E-state index contributed by atoms with van der Waals surface area (Å²) >= 11 is 0. The smallest absolute Gasteiger partial charge is 0.340 e. The van der Waals surface area contributed by atoms with E-state index in [-0.39, 0.29) is 5.97 Å². The molecule has 0 bridgehead atoms. The molecule has 0 fully saturated rings. The summed E-state index contributed by atoms with van der Waals surface area (Å²) in [4.78, 5) is 16.3. The number of carbonyl (C=O) groups is 1. The van der Waals surface area contributed by atoms with E-state index in [2.05, 4.69) is 38.8 Å². The molecule has 1 aromatic rings. The molecule has 0 aliphatic carbocycles. The third-order valence-electron chi connectivity index (χ3n) is 4.35. The number of methoxy groups -OCH3 is 1. The minimum atomic E-state index is -0.342. The Morgan fingerprint density at radius 1 is 1.16 bits per heavy atom. The molecule has 0 amide bonds. The zero-order chi connectivity index (χ0) is 18.7. The van der Waals surface area contributed by atoms with E-state index in [9.17, 15) is 4.79 Å². The fraction of sp³-hybridized carbons (Fsp3) is 0.545. The summed E-state index contributed by atoms with van der Waals surface area (Å²) in [5.74, 6) is 0.820. The second kappa shape index (κ2) is 11.6. The number of aliphatic imine (C=N–C) groups is 1. The van der Waals surface area contributed by atoms with Crippen molar-refractivity contribution in [2.75, 3.05) is 7.11 Å². The molecule has 138 valence electrons. The Bertz CT molecular complexity index is 585. The molecule has 3 nitrogen and oxygen atoms in total. The van der Waals surface area contributed by atoms with Crippen molar-refractivity contribution in [1.82, 2.24) is 0 Å². The van der Waals surface area contributed by atoms with Crippen LogP contribution in [0.1, 0.15) is 70.2 Å². The maximum atomic E-state index is 11.8. The van der Waals surface area contributed by atoms with Crippen LogP contribution >= 0.6 is 0 Å². The molecule has 1 rings (SSSR count). The van der Waals surface area contributed by atoms with Crippen LogP contribution in [-0.4, -0.2) is 19.3 Å². The zero-order valence-electron chi connectivity index (χ0n) is 16.4. The normalized spacial score (nSPS) is 13.5. The van der Waals surface area contributed by atoms with Crippen LogP contribution in [0, 0.1) is 11.8 Å². The van der Waals surface area contributed by atoms with E-state index in [0.29, 0.717) is 17.2 Å². The van der Waals surface area contributed by atoms with E-state index in [0.717, 1.165) is 12.3 Å². The number of ether oxygens (including phenoxy) is 1. The molecule has 0 aliphatic rings. The van der Waals surface area contributed by atoms with Crippen molar-refractivity contribution in [2.24, 2.45) is 16.8 Å². The third kappa shape index (κ3) is 8.67. The Balaban J connectivity index is 2.42. The third-order valence-corrected chi connectivity index (χ3v) is 4.35. The number of rotatable bonds is 10. The number of nitrogens with zero attached hydrogens (tertiary/aromatic N) is 1. The number of allylic oxidation sites excluding steroid dienone is 2. The average Bonchev–Trinajstić information content (AvgIpc) is 2.59. The highest BCUT2D eigenvalue weighted by molar-refractivity contribution is 5.95. The molecule has 0 saturated heterocycles. The van der Waals surface area contributed by atoms with Crippen LogP contribution in [0.3, 0.4) is 0 Å². The topological polar surface area (TPSA) is 38.7 Å². The molecule has 2 atom stereocenters. The summed E-state index contributed by atoms with van der Waals surface area (Å²) in [5, 5.41) is 0. The standard InChI is InChI=1S/C22H33NO2/c1-17(2)10-8-11-18(3)12-9-13-19(4)16-23-21-15-7-6-14-20(21)22(24)25-5/h6-7,10,14-16,18-19H,8-9,11-13H2,1-5H3. The van der Waals surface area contributed by atoms with Gasteiger partial charge >= 0.3 is 5.97 Å². The summed E-state index contributed by atoms with van der Waals surface area (Å²) < 4.78 is 4.80. The summed E-state index contributed by atoms with van der Waals surface area (Å²) in [6.07, 6.45) is 10.3. The van der Waals surface area contributed by atoms with Gasteiger partial charge in [-0.25, -0.2) is 4.79 Å². The Morgan fingerprint density at radius 3 is 2.56 bits per heavy atom. The van der Waals surface area contributed by atoms with Crippen LogP contribution in [-0.2, 0) is 4.74 Å². The van der Waals surface area contributed by atoms with Crippen molar-refractivity contribution in [3.63, 3.8) is 0 Å². The van der Waals surface area contributed by atoms with Gasteiger partial charge in [0.15, 0.2) is 0 Å². The van der Waals surface area contributed by atoms with Crippen LogP contribution < -0.4 is 0 Å². The lowest BCUT2D eigenvalue weighted by atomic mass is 9.95. The van der Waals surface area contributed by atoms with Crippen molar-refractivity contribution in [3.05, 3.63) is 41.5 Å². The van der Waals surface area contributed by atoms with Crippen molar-refractivity contribution in [2.45, 2.75) is 59.8 Å². The van der Waals surface area contributed by atoms with Crippen LogP contribution in [0.15, 0.2) is 40.9 Å². The first-order valence-electron chi connectivity index (χ1n) is 9.29. The van der Waals surface area contributed by atoms with Gasteiger partial charge in [-0.3, -0.25) is 4.99 Å². The van der Waals surface area contributed by atoms with Crippen molar-refractivity contribution in [3.8, 4) is 0 Å². The van der Waals surface area contributed by atoms with Gasteiger partial charge in [0.25, 0.3) is 0 Å². The first kappa shape index (κ1) is 21.1. The van der Waals surface area contributed by atoms with E-state index < -0.39 is 0 Å². The maximum Gasteiger partial charge on any atom is 0.340 e. The Labute approximate surface area is 153 Å². The van der Waals surface area contributed by atoms with Gasteiger partial charge in [-0.15, -0.1) is 0 Å². The van der Waals surface area contributed by atoms with Crippen LogP contribution in [0.25, 0.3) is 0 Å². The number of benzene rings is 1. The lowest BCUT2D eigenvalue weighted by molar-refractivity contribution is 0.0601. The Hall–Kier alpha value is -1.90. The fourth-order valence-corrected chi connectivity index (χ4v) is 2.74. The summed E-state index contributed by atoms with van der Waals surface area (Å²) in [7, 11) is 1.39. The molecule has 25 heavy (non-hydrogen) atoms. The predicted octanol–water partition coefficient (Wildman–Crippen LogP) is 6.36. The number of esters is 1. The van der Waals surface area contributed by atoms with Gasteiger partial charge in [0, 0.05) is 6.21 Å². The highest BCUT2D eigenvalue weighted by atomic mass is 16.5. The summed E-state index contributed by atoms with van der Waals surface area (Å²) in [6.45, 7) is 8.83. The SMILES string of the molecule is COC(=O)c1ccccc1N=CC(C)CCCC(C)CCC=C(C)C. The Morgan fingerprint density at radius 2 is 1.88 bits per heavy atom. The number of hydrogen-bond donors (Lipinski definition) is 0. The Kier molecular flexibility index (Phi) is 9.83. The largest absolute Gasteiger partial charge is 0.465 e. The van der Waals surface area contributed by atoms with Gasteiger partial charge < -0.3 is 4.74 Å². The molecule has 0 spiro atoms. The molecule has 0 heterocycles. The zero-order valence-corrected chi connectivity index (χ0v) is 16.4. The first-order valence-corrected chi connectivity index (χ1v) is 9.29. The average molecular weight is 344 g/mol. The fourth-order valence-electron chi connectivity index (χ4n) is 2.74. The van der Waals surface area contributed by atoms with E-state index in [4.69, 9.17) is 4.74 Å². The van der Waals surface area contributed by atoms with E-state index >= 15 is 0 Å². The minimum Gasteiger partial charge on any atom is -0.465 e. The van der Waals surface area contributed by atoms with Crippen molar-refractivity contribution in [1.29, 1.82) is 0 Å². The molecule has 0 radical (unpaired) electrons. The van der Waals surface area contributed by atoms with Gasteiger partial charge in [0.1, 0.15) is 0 Å². The molecule has 2 unspecified atom stereocenters. The van der Waals surface area contributed by atoms with Gasteiger partial charge in [0.2, 0.25) is 0 Å². The van der Waals surface area contributed by atoms with E-state index in [1.165, 1.54) is 38.4 Å². The molecule has 0 aromatic heterocycles. The van der Waals surface area contributed by atoms with E-state index in [1.807, 2.05) is 24.4 Å². The van der Waals surface area contributed by atoms with Gasteiger partial charge in [-0.05, 0) is 57.1 Å². The highest BCUT2D eigenvalue weighted by Crippen LogP contribution is 2.21.